The van der Waals surface area contributed by atoms with Gasteiger partial charge < -0.3 is 10.4 Å². The summed E-state index contributed by atoms with van der Waals surface area (Å²) in [6.07, 6.45) is 7.68. The molecule has 0 aliphatic heterocycles. The summed E-state index contributed by atoms with van der Waals surface area (Å²) in [5.74, 6) is 0.551. The second kappa shape index (κ2) is 13.3. The van der Waals surface area contributed by atoms with Gasteiger partial charge in [-0.15, -0.1) is 11.3 Å². The van der Waals surface area contributed by atoms with E-state index in [2.05, 4.69) is 163 Å². The minimum atomic E-state index is 0.246. The van der Waals surface area contributed by atoms with Gasteiger partial charge >= 0.3 is 0 Å². The molecule has 8 aromatic rings. The summed E-state index contributed by atoms with van der Waals surface area (Å²) >= 11 is 1.89. The van der Waals surface area contributed by atoms with Crippen molar-refractivity contribution < 1.29 is 5.11 Å². The first-order valence-corrected chi connectivity index (χ1v) is 18.2. The summed E-state index contributed by atoms with van der Waals surface area (Å²) in [5.41, 5.74) is 12.0. The molecule has 0 spiro atoms. The number of fused-ring (bicyclic) bond motifs is 3. The van der Waals surface area contributed by atoms with Crippen LogP contribution in [-0.2, 0) is 0 Å². The Morgan fingerprint density at radius 3 is 1.82 bits per heavy atom. The topological polar surface area (TPSA) is 32.3 Å². The molecule has 0 saturated carbocycles. The van der Waals surface area contributed by atoms with Crippen LogP contribution in [0.4, 0.5) is 5.69 Å². The van der Waals surface area contributed by atoms with Gasteiger partial charge in [0.15, 0.2) is 0 Å². The zero-order valence-electron chi connectivity index (χ0n) is 28.0. The molecule has 0 radical (unpaired) electrons. The maximum Gasteiger partial charge on any atom is 0.125 e. The normalized spacial score (nSPS) is 14.1. The highest BCUT2D eigenvalue weighted by Crippen LogP contribution is 2.44. The summed E-state index contributed by atoms with van der Waals surface area (Å²) < 4.78 is 2.71. The molecule has 3 heteroatoms. The predicted octanol–water partition coefficient (Wildman–Crippen LogP) is 13.5. The van der Waals surface area contributed by atoms with Crippen LogP contribution in [0.3, 0.4) is 0 Å². The maximum absolute atomic E-state index is 11.4. The Kier molecular flexibility index (Phi) is 8.04. The minimum Gasteiger partial charge on any atom is -0.507 e. The first-order chi connectivity index (χ1) is 25.2. The summed E-state index contributed by atoms with van der Waals surface area (Å²) in [7, 11) is 0. The lowest BCUT2D eigenvalue weighted by Gasteiger charge is -2.21. The monoisotopic (exact) mass is 673 g/mol. The number of hydrogen-bond acceptors (Lipinski definition) is 3. The van der Waals surface area contributed by atoms with Crippen molar-refractivity contribution in [3.05, 3.63) is 193 Å². The van der Waals surface area contributed by atoms with E-state index < -0.39 is 0 Å². The van der Waals surface area contributed by atoms with Gasteiger partial charge in [0.1, 0.15) is 5.75 Å². The number of nitrogens with one attached hydrogen (secondary N) is 1. The average Bonchev–Trinajstić information content (AvgIpc) is 3.58. The van der Waals surface area contributed by atoms with Gasteiger partial charge in [-0.3, -0.25) is 0 Å². The number of phenolic OH excluding ortho intramolecular Hbond substituents is 1. The van der Waals surface area contributed by atoms with Crippen molar-refractivity contribution in [3.63, 3.8) is 0 Å². The van der Waals surface area contributed by atoms with Crippen molar-refractivity contribution in [2.75, 3.05) is 5.32 Å². The van der Waals surface area contributed by atoms with E-state index in [4.69, 9.17) is 0 Å². The third-order valence-electron chi connectivity index (χ3n) is 9.97. The largest absolute Gasteiger partial charge is 0.507 e. The quantitative estimate of drug-likeness (QED) is 0.176. The Bertz CT molecular complexity index is 2590. The number of benzene rings is 7. The molecule has 1 aliphatic rings. The molecule has 0 amide bonds. The number of hydrogen-bond donors (Lipinski definition) is 2. The highest BCUT2D eigenvalue weighted by Gasteiger charge is 2.19. The smallest absolute Gasteiger partial charge is 0.125 e. The first-order valence-electron chi connectivity index (χ1n) is 17.4. The molecule has 1 heterocycles. The molecular formula is C48H35NOS. The molecule has 2 nitrogen and oxygen atoms in total. The number of aromatic hydroxyl groups is 1. The molecule has 244 valence electrons. The van der Waals surface area contributed by atoms with Crippen LogP contribution in [0.2, 0.25) is 0 Å². The van der Waals surface area contributed by atoms with Crippen LogP contribution in [0.15, 0.2) is 188 Å². The molecule has 9 rings (SSSR count). The van der Waals surface area contributed by atoms with E-state index in [-0.39, 0.29) is 5.75 Å². The maximum atomic E-state index is 11.4. The molecule has 0 saturated heterocycles. The van der Waals surface area contributed by atoms with Crippen molar-refractivity contribution in [1.82, 2.24) is 0 Å². The highest BCUT2D eigenvalue weighted by atomic mass is 32.1. The lowest BCUT2D eigenvalue weighted by Crippen LogP contribution is -2.05. The Balaban J connectivity index is 1.01. The third-order valence-corrected chi connectivity index (χ3v) is 11.2. The minimum absolute atomic E-state index is 0.246. The fraction of sp³-hybridized carbons (Fsp3) is 0.0417. The lowest BCUT2D eigenvalue weighted by atomic mass is 9.90. The summed E-state index contributed by atoms with van der Waals surface area (Å²) in [6, 6.07) is 57.3. The van der Waals surface area contributed by atoms with Gasteiger partial charge in [0.25, 0.3) is 0 Å². The van der Waals surface area contributed by atoms with Gasteiger partial charge in [-0.25, -0.2) is 0 Å². The van der Waals surface area contributed by atoms with Gasteiger partial charge in [0.05, 0.1) is 5.69 Å². The van der Waals surface area contributed by atoms with Crippen LogP contribution in [0, 0.1) is 0 Å². The van der Waals surface area contributed by atoms with Crippen LogP contribution in [0.25, 0.3) is 64.7 Å². The second-order valence-electron chi connectivity index (χ2n) is 13.0. The van der Waals surface area contributed by atoms with Crippen molar-refractivity contribution in [3.8, 4) is 50.3 Å². The van der Waals surface area contributed by atoms with Gasteiger partial charge in [-0.2, -0.15) is 0 Å². The van der Waals surface area contributed by atoms with E-state index in [1.165, 1.54) is 48.0 Å². The van der Waals surface area contributed by atoms with Gasteiger partial charge in [0.2, 0.25) is 0 Å². The molecule has 7 aromatic carbocycles. The summed E-state index contributed by atoms with van der Waals surface area (Å²) in [6.45, 7) is 0. The number of anilines is 1. The van der Waals surface area contributed by atoms with Crippen molar-refractivity contribution in [2.45, 2.75) is 12.3 Å². The van der Waals surface area contributed by atoms with E-state index in [9.17, 15) is 5.11 Å². The molecule has 51 heavy (non-hydrogen) atoms. The first kappa shape index (κ1) is 30.9. The third kappa shape index (κ3) is 5.82. The number of rotatable bonds is 7. The van der Waals surface area contributed by atoms with E-state index in [0.29, 0.717) is 5.92 Å². The zero-order chi connectivity index (χ0) is 34.1. The van der Waals surface area contributed by atoms with Gasteiger partial charge in [-0.1, -0.05) is 158 Å². The van der Waals surface area contributed by atoms with Crippen LogP contribution in [0.1, 0.15) is 17.9 Å². The average molecular weight is 674 g/mol. The molecule has 1 unspecified atom stereocenters. The fourth-order valence-corrected chi connectivity index (χ4v) is 8.75. The molecule has 1 aliphatic carbocycles. The van der Waals surface area contributed by atoms with E-state index in [0.717, 1.165) is 40.1 Å². The molecule has 0 fully saturated rings. The van der Waals surface area contributed by atoms with Crippen LogP contribution < -0.4 is 5.32 Å². The lowest BCUT2D eigenvalue weighted by molar-refractivity contribution is 0.477. The van der Waals surface area contributed by atoms with E-state index >= 15 is 0 Å². The number of allylic oxidation sites excluding steroid dienone is 3. The molecule has 0 bridgehead atoms. The Morgan fingerprint density at radius 2 is 1.12 bits per heavy atom. The van der Waals surface area contributed by atoms with Crippen LogP contribution >= 0.6 is 11.3 Å². The standard InChI is InChI=1S/C48H35NOS/c50-45-22-11-21-44(49-36-30-28-35(29-31-36)40-19-10-20-43-41-17-8-9-23-46(41)51-48(40)43)47(45)42-18-7-6-16-39(42)34-26-24-33(25-27-34)38-15-5-4-14-37(38)32-12-2-1-3-13-32/h1-28,30-31,35,49-50H,29H2. The predicted molar refractivity (Wildman–Crippen MR) is 217 cm³/mol. The van der Waals surface area contributed by atoms with Crippen LogP contribution in [0.5, 0.6) is 5.75 Å². The Labute approximate surface area is 302 Å². The zero-order valence-corrected chi connectivity index (χ0v) is 28.8. The van der Waals surface area contributed by atoms with E-state index in [1.54, 1.807) is 6.07 Å². The molecule has 2 N–H and O–H groups in total. The summed E-state index contributed by atoms with van der Waals surface area (Å²) in [5, 5.41) is 17.7. The van der Waals surface area contributed by atoms with Crippen molar-refractivity contribution >= 4 is 37.2 Å². The van der Waals surface area contributed by atoms with Gasteiger partial charge in [0, 0.05) is 37.4 Å². The number of thiophene rings is 1. The summed E-state index contributed by atoms with van der Waals surface area (Å²) in [4.78, 5) is 0. The molecule has 1 atom stereocenters. The SMILES string of the molecule is Oc1cccc(NC2=CCC(c3cccc4c3sc3ccccc34)C=C2)c1-c1ccccc1-c1ccc(-c2ccccc2-c2ccccc2)cc1. The fourth-order valence-electron chi connectivity index (χ4n) is 7.47. The van der Waals surface area contributed by atoms with E-state index in [1.807, 2.05) is 29.5 Å². The van der Waals surface area contributed by atoms with Gasteiger partial charge in [-0.05, 0) is 75.2 Å². The molecular weight excluding hydrogens is 639 g/mol. The van der Waals surface area contributed by atoms with Crippen molar-refractivity contribution in [1.29, 1.82) is 0 Å². The van der Waals surface area contributed by atoms with Crippen LogP contribution in [-0.4, -0.2) is 5.11 Å². The highest BCUT2D eigenvalue weighted by molar-refractivity contribution is 7.26. The molecule has 1 aromatic heterocycles. The Hall–Kier alpha value is -6.16. The second-order valence-corrected chi connectivity index (χ2v) is 14.1. The van der Waals surface area contributed by atoms with Crippen molar-refractivity contribution in [2.24, 2.45) is 0 Å². The number of phenols is 1. The Morgan fingerprint density at radius 1 is 0.529 bits per heavy atom.